The van der Waals surface area contributed by atoms with Crippen molar-refractivity contribution >= 4 is 11.9 Å². The molecule has 1 aliphatic carbocycles. The summed E-state index contributed by atoms with van der Waals surface area (Å²) in [5, 5.41) is 16.5. The summed E-state index contributed by atoms with van der Waals surface area (Å²) in [4.78, 5) is 24.0. The summed E-state index contributed by atoms with van der Waals surface area (Å²) in [6.07, 6.45) is 2.02. The Labute approximate surface area is 144 Å². The molecule has 2 N–H and O–H groups in total. The van der Waals surface area contributed by atoms with Gasteiger partial charge >= 0.3 is 5.97 Å². The fraction of sp³-hybridized carbons (Fsp3) is 0.389. The van der Waals surface area contributed by atoms with E-state index in [0.717, 1.165) is 6.42 Å². The van der Waals surface area contributed by atoms with Crippen molar-refractivity contribution < 1.29 is 19.1 Å². The normalized spacial score (nSPS) is 15.5. The molecule has 0 saturated heterocycles. The number of carbonyl (C=O) groups is 2. The Balaban J connectivity index is 1.81. The topological polar surface area (TPSA) is 84.2 Å². The molecule has 2 aromatic rings. The highest BCUT2D eigenvalue weighted by Crippen LogP contribution is 2.40. The van der Waals surface area contributed by atoms with Crippen molar-refractivity contribution in [3.8, 4) is 5.69 Å². The number of aryl methyl sites for hydroxylation is 1. The van der Waals surface area contributed by atoms with Gasteiger partial charge in [0.2, 0.25) is 0 Å². The second-order valence-corrected chi connectivity index (χ2v) is 6.56. The van der Waals surface area contributed by atoms with E-state index < -0.39 is 11.4 Å². The fourth-order valence-corrected chi connectivity index (χ4v) is 3.21. The summed E-state index contributed by atoms with van der Waals surface area (Å²) in [5.74, 6) is -1.55. The Morgan fingerprint density at radius 2 is 1.92 bits per heavy atom. The third-order valence-electron chi connectivity index (χ3n) is 4.94. The number of nitrogens with zero attached hydrogens (tertiary/aromatic N) is 2. The molecule has 1 amide bonds. The van der Waals surface area contributed by atoms with Gasteiger partial charge in [0.15, 0.2) is 0 Å². The largest absolute Gasteiger partial charge is 0.481 e. The number of nitrogens with one attached hydrogen (secondary N) is 1. The number of rotatable bonds is 5. The third kappa shape index (κ3) is 3.01. The van der Waals surface area contributed by atoms with E-state index in [9.17, 15) is 19.1 Å². The van der Waals surface area contributed by atoms with Crippen LogP contribution in [0.1, 0.15) is 41.0 Å². The first-order valence-corrected chi connectivity index (χ1v) is 8.18. The Kier molecular flexibility index (Phi) is 4.32. The second kappa shape index (κ2) is 6.31. The number of aliphatic carboxylic acids is 1. The van der Waals surface area contributed by atoms with E-state index in [1.165, 1.54) is 12.1 Å². The van der Waals surface area contributed by atoms with E-state index in [1.54, 1.807) is 30.7 Å². The molecule has 1 aliphatic rings. The van der Waals surface area contributed by atoms with Crippen LogP contribution in [-0.2, 0) is 4.79 Å². The van der Waals surface area contributed by atoms with Gasteiger partial charge in [-0.15, -0.1) is 0 Å². The first-order chi connectivity index (χ1) is 11.8. The molecule has 0 atom stereocenters. The fourth-order valence-electron chi connectivity index (χ4n) is 3.21. The molecule has 7 heteroatoms. The SMILES string of the molecule is Cc1nn(-c2ccc(F)cc2)c(C)c1C(=O)NCC1(C(=O)O)CCC1. The minimum Gasteiger partial charge on any atom is -0.481 e. The summed E-state index contributed by atoms with van der Waals surface area (Å²) < 4.78 is 14.7. The molecule has 1 saturated carbocycles. The zero-order valence-corrected chi connectivity index (χ0v) is 14.2. The van der Waals surface area contributed by atoms with Gasteiger partial charge < -0.3 is 10.4 Å². The summed E-state index contributed by atoms with van der Waals surface area (Å²) in [6, 6.07) is 5.84. The highest BCUT2D eigenvalue weighted by Gasteiger charge is 2.44. The number of carboxylic acid groups (broad SMARTS) is 1. The number of carbonyl (C=O) groups excluding carboxylic acids is 1. The maximum atomic E-state index is 13.1. The van der Waals surface area contributed by atoms with Gasteiger partial charge in [-0.05, 0) is 51.0 Å². The molecule has 0 radical (unpaired) electrons. The van der Waals surface area contributed by atoms with Gasteiger partial charge in [-0.25, -0.2) is 9.07 Å². The van der Waals surface area contributed by atoms with Crippen LogP contribution >= 0.6 is 0 Å². The van der Waals surface area contributed by atoms with Crippen molar-refractivity contribution in [2.75, 3.05) is 6.54 Å². The number of hydrogen-bond donors (Lipinski definition) is 2. The number of aromatic nitrogens is 2. The standard InChI is InChI=1S/C18H20FN3O3/c1-11-15(16(23)20-10-18(17(24)25)8-3-9-18)12(2)22(21-11)14-6-4-13(19)5-7-14/h4-7H,3,8-10H2,1-2H3,(H,20,23)(H,24,25). The van der Waals surface area contributed by atoms with Crippen molar-refractivity contribution in [2.45, 2.75) is 33.1 Å². The predicted octanol–water partition coefficient (Wildman–Crippen LogP) is 2.61. The van der Waals surface area contributed by atoms with Crippen LogP contribution in [0.5, 0.6) is 0 Å². The number of hydrogen-bond acceptors (Lipinski definition) is 3. The first kappa shape index (κ1) is 17.1. The summed E-state index contributed by atoms with van der Waals surface area (Å²) in [5.41, 5.74) is 1.40. The molecule has 3 rings (SSSR count). The molecule has 1 heterocycles. The Bertz CT molecular complexity index is 823. The van der Waals surface area contributed by atoms with Gasteiger partial charge in [0.25, 0.3) is 5.91 Å². The molecule has 6 nitrogen and oxygen atoms in total. The number of benzene rings is 1. The Hall–Kier alpha value is -2.70. The molecule has 1 fully saturated rings. The lowest BCUT2D eigenvalue weighted by Gasteiger charge is -2.37. The molecule has 132 valence electrons. The molecule has 0 bridgehead atoms. The van der Waals surface area contributed by atoms with Crippen molar-refractivity contribution in [1.82, 2.24) is 15.1 Å². The van der Waals surface area contributed by atoms with E-state index in [0.29, 0.717) is 35.5 Å². The minimum atomic E-state index is -0.866. The molecular formula is C18H20FN3O3. The molecule has 25 heavy (non-hydrogen) atoms. The number of carboxylic acids is 1. The minimum absolute atomic E-state index is 0.113. The van der Waals surface area contributed by atoms with Crippen LogP contribution in [0.3, 0.4) is 0 Å². The van der Waals surface area contributed by atoms with E-state index in [4.69, 9.17) is 0 Å². The summed E-state index contributed by atoms with van der Waals surface area (Å²) in [6.45, 7) is 3.59. The lowest BCUT2D eigenvalue weighted by Crippen LogP contribution is -2.47. The van der Waals surface area contributed by atoms with Crippen LogP contribution in [0.4, 0.5) is 4.39 Å². The van der Waals surface area contributed by atoms with Gasteiger partial charge in [0.05, 0.1) is 28.1 Å². The molecule has 1 aromatic heterocycles. The van der Waals surface area contributed by atoms with Gasteiger partial charge in [0, 0.05) is 6.54 Å². The lowest BCUT2D eigenvalue weighted by molar-refractivity contribution is -0.153. The third-order valence-corrected chi connectivity index (χ3v) is 4.94. The van der Waals surface area contributed by atoms with E-state index in [2.05, 4.69) is 10.4 Å². The molecule has 0 spiro atoms. The van der Waals surface area contributed by atoms with E-state index >= 15 is 0 Å². The van der Waals surface area contributed by atoms with Gasteiger partial charge in [0.1, 0.15) is 5.82 Å². The van der Waals surface area contributed by atoms with Crippen LogP contribution in [0.15, 0.2) is 24.3 Å². The highest BCUT2D eigenvalue weighted by molar-refractivity contribution is 5.96. The quantitative estimate of drug-likeness (QED) is 0.872. The van der Waals surface area contributed by atoms with Crippen molar-refractivity contribution in [3.63, 3.8) is 0 Å². The summed E-state index contributed by atoms with van der Waals surface area (Å²) in [7, 11) is 0. The Morgan fingerprint density at radius 3 is 2.44 bits per heavy atom. The van der Waals surface area contributed by atoms with Crippen molar-refractivity contribution in [2.24, 2.45) is 5.41 Å². The average Bonchev–Trinajstić information content (AvgIpc) is 2.81. The predicted molar refractivity (Wildman–Crippen MR) is 89.2 cm³/mol. The van der Waals surface area contributed by atoms with Crippen LogP contribution in [0, 0.1) is 25.1 Å². The molecule has 0 unspecified atom stereocenters. The zero-order chi connectivity index (χ0) is 18.2. The summed E-state index contributed by atoms with van der Waals surface area (Å²) >= 11 is 0. The molecular weight excluding hydrogens is 325 g/mol. The number of halogens is 1. The Morgan fingerprint density at radius 1 is 1.28 bits per heavy atom. The zero-order valence-electron chi connectivity index (χ0n) is 14.2. The smallest absolute Gasteiger partial charge is 0.311 e. The van der Waals surface area contributed by atoms with Crippen molar-refractivity contribution in [1.29, 1.82) is 0 Å². The maximum absolute atomic E-state index is 13.1. The van der Waals surface area contributed by atoms with E-state index in [-0.39, 0.29) is 18.3 Å². The van der Waals surface area contributed by atoms with Crippen LogP contribution in [-0.4, -0.2) is 33.3 Å². The molecule has 0 aliphatic heterocycles. The van der Waals surface area contributed by atoms with Crippen LogP contribution < -0.4 is 5.32 Å². The monoisotopic (exact) mass is 345 g/mol. The second-order valence-electron chi connectivity index (χ2n) is 6.56. The number of amides is 1. The van der Waals surface area contributed by atoms with Gasteiger partial charge in [-0.2, -0.15) is 5.10 Å². The molecule has 1 aromatic carbocycles. The van der Waals surface area contributed by atoms with Gasteiger partial charge in [-0.3, -0.25) is 9.59 Å². The van der Waals surface area contributed by atoms with Gasteiger partial charge in [-0.1, -0.05) is 6.42 Å². The highest BCUT2D eigenvalue weighted by atomic mass is 19.1. The lowest BCUT2D eigenvalue weighted by atomic mass is 9.69. The van der Waals surface area contributed by atoms with Crippen LogP contribution in [0.2, 0.25) is 0 Å². The average molecular weight is 345 g/mol. The van der Waals surface area contributed by atoms with Crippen molar-refractivity contribution in [3.05, 3.63) is 47.0 Å². The van der Waals surface area contributed by atoms with E-state index in [1.807, 2.05) is 0 Å². The maximum Gasteiger partial charge on any atom is 0.311 e. The van der Waals surface area contributed by atoms with Crippen LogP contribution in [0.25, 0.3) is 5.69 Å². The first-order valence-electron chi connectivity index (χ1n) is 8.18.